The Balaban J connectivity index is 0.00000174. The molecule has 0 spiro atoms. The predicted molar refractivity (Wildman–Crippen MR) is 569 cm³/mol. The Hall–Kier alpha value is -6.23. The van der Waals surface area contributed by atoms with Crippen molar-refractivity contribution in [3.63, 3.8) is 0 Å². The van der Waals surface area contributed by atoms with Gasteiger partial charge in [-0.2, -0.15) is 17.6 Å². The Morgan fingerprint density at radius 1 is 0.388 bits per heavy atom. The molecule has 21 aliphatic rings. The first-order valence-electron chi connectivity index (χ1n) is 51.8. The molecule has 147 heavy (non-hydrogen) atoms. The van der Waals surface area contributed by atoms with Gasteiger partial charge in [0.25, 0.3) is 0 Å². The summed E-state index contributed by atoms with van der Waals surface area (Å²) in [4.78, 5) is 135. The van der Waals surface area contributed by atoms with Crippen molar-refractivity contribution >= 4 is 65.7 Å². The number of esters is 11. The third-order valence-corrected chi connectivity index (χ3v) is 36.3. The molecule has 0 radical (unpaired) electrons. The Morgan fingerprint density at radius 2 is 0.769 bits per heavy atom. The molecule has 1 N–H and O–H groups in total. The van der Waals surface area contributed by atoms with Crippen LogP contribution in [0.15, 0.2) is 0 Å². The van der Waals surface area contributed by atoms with Gasteiger partial charge in [-0.1, -0.05) is 151 Å². The average molecular weight is 2110 g/mol. The number of hydrogen-bond acceptors (Lipinski definition) is 25. The second-order valence-corrected chi connectivity index (χ2v) is 48.9. The molecule has 4 aliphatic heterocycles. The first-order chi connectivity index (χ1) is 62.8. The summed E-state index contributed by atoms with van der Waals surface area (Å²) in [6.07, 6.45) is 31.9. The minimum absolute atomic E-state index is 0. The zero-order valence-corrected chi connectivity index (χ0v) is 85.1. The molecule has 29 heteroatoms. The standard InChI is InChI=1S/C24H34F4O6.C18H26O6.C18H30O2.C16H22O6.C16H26O3.C14H26O2.12CH4/c1-5-19(2,3)17(29)34-22-9-15-6-16(10-22)8-21(7-15,11-22)18(30)31-12-20(4)32-13-23(25,26)24(27,28)14-33-20;1-4-18(2,3)17(21)22-9-14(19)24-15-11-5-10-6-12(8-11)16(20)23-13(15)7-10;1-5-17(3,4)16(19)20-18(6-2)14-8-12-7-13(10-14)11-15(18)9-12;1-4-16(2,3)15(19)20-7-11(17)21-12-8-5-9-10(6-8)14(18)22-13(9)12;1-4-14(2,3)13(17)19-16-8-11-5-12(9-16)7-15(18,6-11)10-16;1-5-13(3,4)12(15)16-14(6-2)10-8-7-9-11-14;;;;;;;;;;;;/h15-16H,5-14H2,1-4H3;10-13,15H,4-9H2,1-3H3;12-15H,5-11H2,1-4H3;8-10,12-13H,4-7H2,1-3H3;11-12,18H,4-10H2,1-3H3;5-11H2,1-4H3;12*1H4. The zero-order chi connectivity index (χ0) is 99.4. The molecule has 18 bridgehead atoms. The Kier molecular flexibility index (Phi) is 51.0. The van der Waals surface area contributed by atoms with Gasteiger partial charge in [-0.3, -0.25) is 43.2 Å². The fourth-order valence-corrected chi connectivity index (χ4v) is 26.2. The van der Waals surface area contributed by atoms with E-state index in [2.05, 4.69) is 20.8 Å². The highest BCUT2D eigenvalue weighted by Crippen LogP contribution is 2.66. The summed E-state index contributed by atoms with van der Waals surface area (Å²) in [5, 5.41) is 10.6. The van der Waals surface area contributed by atoms with Gasteiger partial charge >= 0.3 is 77.5 Å². The molecule has 17 saturated carbocycles. The number of fused-ring (bicyclic) bond motifs is 2. The monoisotopic (exact) mass is 2110 g/mol. The van der Waals surface area contributed by atoms with Crippen molar-refractivity contribution < 1.29 is 137 Å². The van der Waals surface area contributed by atoms with Crippen LogP contribution in [0, 0.1) is 121 Å². The molecule has 0 aromatic heterocycles. The molecule has 0 aromatic carbocycles. The van der Waals surface area contributed by atoms with Crippen molar-refractivity contribution in [2.75, 3.05) is 33.0 Å². The maximum Gasteiger partial charge on any atom is 0.344 e. The summed E-state index contributed by atoms with van der Waals surface area (Å²) in [5.74, 6) is -8.20. The van der Waals surface area contributed by atoms with Crippen LogP contribution in [0.1, 0.15) is 466 Å². The summed E-state index contributed by atoms with van der Waals surface area (Å²) in [6, 6.07) is 0. The van der Waals surface area contributed by atoms with E-state index in [1.54, 1.807) is 27.7 Å². The molecule has 4 saturated heterocycles. The number of ether oxygens (including phenoxy) is 13. The van der Waals surface area contributed by atoms with Crippen molar-refractivity contribution in [3.8, 4) is 0 Å². The molecular weight excluding hydrogens is 1890 g/mol. The van der Waals surface area contributed by atoms with E-state index in [0.29, 0.717) is 87.4 Å². The van der Waals surface area contributed by atoms with Crippen LogP contribution in [0.5, 0.6) is 0 Å². The number of carbonyl (C=O) groups excluding carboxylic acids is 11. The number of halogens is 4. The molecule has 14 unspecified atom stereocenters. The first kappa shape index (κ1) is 141. The molecule has 862 valence electrons. The minimum atomic E-state index is -4.39. The van der Waals surface area contributed by atoms with Crippen LogP contribution in [0.25, 0.3) is 0 Å². The van der Waals surface area contributed by atoms with Gasteiger partial charge in [0, 0.05) is 30.6 Å². The van der Waals surface area contributed by atoms with Crippen LogP contribution < -0.4 is 0 Å². The molecule has 25 nitrogen and oxygen atoms in total. The van der Waals surface area contributed by atoms with Crippen molar-refractivity contribution in [3.05, 3.63) is 0 Å². The van der Waals surface area contributed by atoms with Crippen LogP contribution in [0.3, 0.4) is 0 Å². The van der Waals surface area contributed by atoms with E-state index in [4.69, 9.17) is 61.6 Å². The predicted octanol–water partition coefficient (Wildman–Crippen LogP) is 27.9. The number of alkyl halides is 4. The number of hydrogen-bond donors (Lipinski definition) is 1. The van der Waals surface area contributed by atoms with E-state index in [1.165, 1.54) is 64.7 Å². The fraction of sp³-hybridized carbons (Fsp3) is 0.907. The molecular formula is C118H212F4O25. The normalized spacial score (nSPS) is 33.4. The van der Waals surface area contributed by atoms with Gasteiger partial charge < -0.3 is 66.7 Å². The summed E-state index contributed by atoms with van der Waals surface area (Å²) in [5.41, 5.74) is -5.73. The van der Waals surface area contributed by atoms with Crippen molar-refractivity contribution in [1.82, 2.24) is 0 Å². The van der Waals surface area contributed by atoms with Gasteiger partial charge in [-0.25, -0.2) is 9.59 Å². The number of carbonyl (C=O) groups is 11. The lowest BCUT2D eigenvalue weighted by Gasteiger charge is -2.60. The highest BCUT2D eigenvalue weighted by Gasteiger charge is 2.68. The molecule has 14 atom stereocenters. The quantitative estimate of drug-likeness (QED) is 0.0453. The van der Waals surface area contributed by atoms with Gasteiger partial charge in [0.15, 0.2) is 13.2 Å². The maximum atomic E-state index is 13.6. The van der Waals surface area contributed by atoms with Gasteiger partial charge in [0.2, 0.25) is 5.79 Å². The lowest BCUT2D eigenvalue weighted by molar-refractivity contribution is -0.254. The van der Waals surface area contributed by atoms with Crippen molar-refractivity contribution in [2.24, 2.45) is 121 Å². The fourth-order valence-electron chi connectivity index (χ4n) is 26.2. The van der Waals surface area contributed by atoms with E-state index in [-0.39, 0.29) is 226 Å². The third kappa shape index (κ3) is 31.0. The number of rotatable bonds is 27. The van der Waals surface area contributed by atoms with Crippen LogP contribution in [0.4, 0.5) is 17.6 Å². The van der Waals surface area contributed by atoms with E-state index in [0.717, 1.165) is 127 Å². The van der Waals surface area contributed by atoms with E-state index >= 15 is 0 Å². The van der Waals surface area contributed by atoms with Crippen molar-refractivity contribution in [2.45, 2.75) is 536 Å². The molecule has 4 heterocycles. The zero-order valence-electron chi connectivity index (χ0n) is 85.1. The summed E-state index contributed by atoms with van der Waals surface area (Å²) in [7, 11) is 0. The molecule has 21 fully saturated rings. The molecule has 0 amide bonds. The second-order valence-electron chi connectivity index (χ2n) is 48.9. The van der Waals surface area contributed by atoms with E-state index in [1.807, 2.05) is 90.0 Å². The Bertz CT molecular complexity index is 4200. The first-order valence-corrected chi connectivity index (χ1v) is 51.8. The Labute approximate surface area is 887 Å². The van der Waals surface area contributed by atoms with Crippen LogP contribution >= 0.6 is 0 Å². The lowest BCUT2D eigenvalue weighted by Crippen LogP contribution is -2.61. The van der Waals surface area contributed by atoms with E-state index in [9.17, 15) is 75.4 Å². The van der Waals surface area contributed by atoms with Gasteiger partial charge in [0.1, 0.15) is 66.6 Å². The molecule has 21 rings (SSSR count). The maximum absolute atomic E-state index is 13.6. The molecule has 0 aromatic rings. The van der Waals surface area contributed by atoms with Crippen molar-refractivity contribution in [1.29, 1.82) is 0 Å². The topological polar surface area (TPSA) is 328 Å². The summed E-state index contributed by atoms with van der Waals surface area (Å²) in [6.45, 7) is 35.6. The van der Waals surface area contributed by atoms with E-state index < -0.39 is 112 Å². The van der Waals surface area contributed by atoms with Crippen LogP contribution in [0.2, 0.25) is 0 Å². The largest absolute Gasteiger partial charge is 0.460 e. The average Bonchev–Trinajstić information content (AvgIpc) is 1.68. The van der Waals surface area contributed by atoms with Gasteiger partial charge in [-0.05, 0) is 355 Å². The lowest BCUT2D eigenvalue weighted by atomic mass is 9.48. The number of aliphatic hydroxyl groups is 1. The molecule has 17 aliphatic carbocycles. The highest BCUT2D eigenvalue weighted by atomic mass is 19.3. The SMILES string of the molecule is C.C.C.C.C.C.C.C.C.C.C.C.CCC(C)(C)C(=O)OC1(CC)C2CC3CC(C2)CC1C3.CCC(C)(C)C(=O)OC12CC3CC(C1)CC(C(=O)OCC1(C)OCC(F)(F)C(F)(F)CO1)(C3)C2.CCC(C)(C)C(=O)OC12CC3CC(CC(O)(C3)C1)C2.CCC(C)(C)C(=O)OCC(=O)OC1C2CC3C(=O)OC1C3C2.CCC(C)(C)C(=O)OCC(=O)OC1C2CC3CC(C2)C(=O)OC1C3.CCC1(OC(=O)C(C)(C)CC)CCCCC1. The van der Waals surface area contributed by atoms with Crippen LogP contribution in [-0.4, -0.2) is 174 Å². The minimum Gasteiger partial charge on any atom is -0.460 e. The Morgan fingerprint density at radius 3 is 1.18 bits per heavy atom. The second kappa shape index (κ2) is 53.3. The smallest absolute Gasteiger partial charge is 0.344 e. The summed E-state index contributed by atoms with van der Waals surface area (Å²) >= 11 is 0. The van der Waals surface area contributed by atoms with Crippen LogP contribution in [-0.2, 0) is 114 Å². The third-order valence-electron chi connectivity index (χ3n) is 36.3. The van der Waals surface area contributed by atoms with Gasteiger partial charge in [-0.15, -0.1) is 0 Å². The highest BCUT2D eigenvalue weighted by molar-refractivity contribution is 5.83. The summed E-state index contributed by atoms with van der Waals surface area (Å²) < 4.78 is 126. The van der Waals surface area contributed by atoms with Gasteiger partial charge in [0.05, 0.1) is 55.3 Å².